The summed E-state index contributed by atoms with van der Waals surface area (Å²) in [6.45, 7) is 2.45. The lowest BCUT2D eigenvalue weighted by atomic mass is 10.0. The molecule has 0 saturated heterocycles. The highest BCUT2D eigenvalue weighted by Gasteiger charge is 2.19. The molecule has 0 fully saturated rings. The van der Waals surface area contributed by atoms with Crippen molar-refractivity contribution in [3.05, 3.63) is 35.4 Å². The normalized spacial score (nSPS) is 16.0. The van der Waals surface area contributed by atoms with Gasteiger partial charge in [0.05, 0.1) is 12.2 Å². The first-order valence-electron chi connectivity index (χ1n) is 4.11. The van der Waals surface area contributed by atoms with Crippen LogP contribution in [0.1, 0.15) is 12.5 Å². The number of aliphatic hydroxyl groups excluding tert-OH is 1. The van der Waals surface area contributed by atoms with Crippen LogP contribution >= 0.6 is 11.8 Å². The van der Waals surface area contributed by atoms with Crippen molar-refractivity contribution in [1.29, 1.82) is 0 Å². The predicted molar refractivity (Wildman–Crippen MR) is 54.9 cm³/mol. The summed E-state index contributed by atoms with van der Waals surface area (Å²) in [6.07, 6.45) is 0. The summed E-state index contributed by atoms with van der Waals surface area (Å²) >= 11 is 6.00. The Morgan fingerprint density at radius 2 is 2.08 bits per heavy atom. The minimum Gasteiger partial charge on any atom is -0.507 e. The fraction of sp³-hybridized carbons (Fsp3) is 0.200. The summed E-state index contributed by atoms with van der Waals surface area (Å²) in [6, 6.07) is 7.55. The van der Waals surface area contributed by atoms with Crippen molar-refractivity contribution >= 4 is 23.2 Å². The number of aliphatic hydroxyl groups is 1. The van der Waals surface area contributed by atoms with Crippen LogP contribution < -0.4 is 4.42 Å². The van der Waals surface area contributed by atoms with Crippen LogP contribution in [0.4, 0.5) is 5.69 Å². The fourth-order valence-electron chi connectivity index (χ4n) is 1.48. The SMILES string of the molecule is CC1=C(O)c2ccccc2N(Cl)C1. The van der Waals surface area contributed by atoms with Crippen LogP contribution in [0.5, 0.6) is 0 Å². The second-order valence-electron chi connectivity index (χ2n) is 3.17. The number of halogens is 1. The van der Waals surface area contributed by atoms with Gasteiger partial charge in [-0.1, -0.05) is 12.1 Å². The number of hydrogen-bond acceptors (Lipinski definition) is 2. The zero-order valence-electron chi connectivity index (χ0n) is 7.29. The van der Waals surface area contributed by atoms with E-state index in [2.05, 4.69) is 0 Å². The van der Waals surface area contributed by atoms with Crippen LogP contribution in [0.25, 0.3) is 5.76 Å². The number of para-hydroxylation sites is 1. The lowest BCUT2D eigenvalue weighted by Crippen LogP contribution is -2.19. The lowest BCUT2D eigenvalue weighted by molar-refractivity contribution is 0.503. The molecule has 0 unspecified atom stereocenters. The van der Waals surface area contributed by atoms with Gasteiger partial charge in [-0.3, -0.25) is 4.42 Å². The maximum absolute atomic E-state index is 9.74. The molecular formula is C10H10ClNO. The number of benzene rings is 1. The molecule has 1 aliphatic rings. The Hall–Kier alpha value is -1.15. The van der Waals surface area contributed by atoms with E-state index < -0.39 is 0 Å². The van der Waals surface area contributed by atoms with Crippen molar-refractivity contribution in [1.82, 2.24) is 0 Å². The van der Waals surface area contributed by atoms with Gasteiger partial charge in [-0.15, -0.1) is 0 Å². The number of rotatable bonds is 0. The van der Waals surface area contributed by atoms with Crippen molar-refractivity contribution in [2.24, 2.45) is 0 Å². The molecule has 1 aliphatic heterocycles. The maximum Gasteiger partial charge on any atom is 0.125 e. The molecule has 0 saturated carbocycles. The van der Waals surface area contributed by atoms with Crippen molar-refractivity contribution in [2.45, 2.75) is 6.92 Å². The lowest BCUT2D eigenvalue weighted by Gasteiger charge is -2.25. The Morgan fingerprint density at radius 3 is 2.85 bits per heavy atom. The molecule has 2 rings (SSSR count). The molecule has 2 nitrogen and oxygen atoms in total. The predicted octanol–water partition coefficient (Wildman–Crippen LogP) is 2.95. The van der Waals surface area contributed by atoms with E-state index in [4.69, 9.17) is 11.8 Å². The standard InChI is InChI=1S/C10H10ClNO/c1-7-6-12(11)9-5-3-2-4-8(9)10(7)13/h2-5,13H,6H2,1H3. The quantitative estimate of drug-likeness (QED) is 0.644. The Balaban J connectivity index is 2.62. The Kier molecular flexibility index (Phi) is 1.93. The van der Waals surface area contributed by atoms with E-state index >= 15 is 0 Å². The second kappa shape index (κ2) is 2.96. The van der Waals surface area contributed by atoms with Crippen molar-refractivity contribution in [3.8, 4) is 0 Å². The molecule has 0 bridgehead atoms. The molecule has 0 atom stereocenters. The second-order valence-corrected chi connectivity index (χ2v) is 3.57. The molecule has 1 heterocycles. The topological polar surface area (TPSA) is 23.5 Å². The monoisotopic (exact) mass is 195 g/mol. The smallest absolute Gasteiger partial charge is 0.125 e. The summed E-state index contributed by atoms with van der Waals surface area (Å²) in [7, 11) is 0. The van der Waals surface area contributed by atoms with Gasteiger partial charge in [0.1, 0.15) is 5.76 Å². The minimum atomic E-state index is 0.354. The van der Waals surface area contributed by atoms with Crippen LogP contribution in [0.3, 0.4) is 0 Å². The van der Waals surface area contributed by atoms with Gasteiger partial charge in [-0.05, 0) is 24.6 Å². The first-order chi connectivity index (χ1) is 6.20. The van der Waals surface area contributed by atoms with Crippen LogP contribution in [0, 0.1) is 0 Å². The van der Waals surface area contributed by atoms with Crippen molar-refractivity contribution in [3.63, 3.8) is 0 Å². The molecular weight excluding hydrogens is 186 g/mol. The Labute approximate surface area is 82.2 Å². The molecule has 0 radical (unpaired) electrons. The van der Waals surface area contributed by atoms with E-state index in [9.17, 15) is 5.11 Å². The van der Waals surface area contributed by atoms with Crippen LogP contribution in [0.15, 0.2) is 29.8 Å². The summed E-state index contributed by atoms with van der Waals surface area (Å²) < 4.78 is 1.62. The average molecular weight is 196 g/mol. The first-order valence-corrected chi connectivity index (χ1v) is 4.45. The van der Waals surface area contributed by atoms with Crippen molar-refractivity contribution < 1.29 is 5.11 Å². The fourth-order valence-corrected chi connectivity index (χ4v) is 1.81. The number of nitrogens with zero attached hydrogens (tertiary/aromatic N) is 1. The minimum absolute atomic E-state index is 0.354. The molecule has 0 aliphatic carbocycles. The number of hydrogen-bond donors (Lipinski definition) is 1. The van der Waals surface area contributed by atoms with Crippen LogP contribution in [-0.2, 0) is 0 Å². The molecule has 1 aromatic rings. The molecule has 13 heavy (non-hydrogen) atoms. The van der Waals surface area contributed by atoms with Gasteiger partial charge in [0.2, 0.25) is 0 Å². The highest BCUT2D eigenvalue weighted by Crippen LogP contribution is 2.33. The van der Waals surface area contributed by atoms with E-state index in [1.54, 1.807) is 4.42 Å². The van der Waals surface area contributed by atoms with Gasteiger partial charge < -0.3 is 5.11 Å². The molecule has 1 N–H and O–H groups in total. The van der Waals surface area contributed by atoms with Crippen molar-refractivity contribution in [2.75, 3.05) is 11.0 Å². The highest BCUT2D eigenvalue weighted by molar-refractivity contribution is 6.26. The zero-order valence-corrected chi connectivity index (χ0v) is 8.04. The number of anilines is 1. The molecule has 1 aromatic carbocycles. The maximum atomic E-state index is 9.74. The molecule has 68 valence electrons. The van der Waals surface area contributed by atoms with Gasteiger partial charge in [0.15, 0.2) is 0 Å². The van der Waals surface area contributed by atoms with E-state index in [0.717, 1.165) is 16.8 Å². The molecule has 0 spiro atoms. The van der Waals surface area contributed by atoms with E-state index in [0.29, 0.717) is 12.3 Å². The number of fused-ring (bicyclic) bond motifs is 1. The molecule has 0 amide bonds. The largest absolute Gasteiger partial charge is 0.507 e. The summed E-state index contributed by atoms with van der Waals surface area (Å²) in [5.74, 6) is 0.354. The summed E-state index contributed by atoms with van der Waals surface area (Å²) in [4.78, 5) is 0. The molecule has 0 aromatic heterocycles. The van der Waals surface area contributed by atoms with Crippen LogP contribution in [0.2, 0.25) is 0 Å². The van der Waals surface area contributed by atoms with E-state index in [1.165, 1.54) is 0 Å². The highest BCUT2D eigenvalue weighted by atomic mass is 35.5. The van der Waals surface area contributed by atoms with Gasteiger partial charge >= 0.3 is 0 Å². The third-order valence-electron chi connectivity index (χ3n) is 2.20. The Bertz CT molecular complexity index is 373. The van der Waals surface area contributed by atoms with E-state index in [1.807, 2.05) is 31.2 Å². The summed E-state index contributed by atoms with van der Waals surface area (Å²) in [5.41, 5.74) is 2.57. The first kappa shape index (κ1) is 8.45. The third kappa shape index (κ3) is 1.27. The van der Waals surface area contributed by atoms with Gasteiger partial charge in [-0.25, -0.2) is 0 Å². The third-order valence-corrected chi connectivity index (χ3v) is 2.50. The Morgan fingerprint density at radius 1 is 1.38 bits per heavy atom. The molecule has 3 heteroatoms. The van der Waals surface area contributed by atoms with Gasteiger partial charge in [0, 0.05) is 17.3 Å². The van der Waals surface area contributed by atoms with Crippen LogP contribution in [-0.4, -0.2) is 11.7 Å². The van der Waals surface area contributed by atoms with Gasteiger partial charge in [0.25, 0.3) is 0 Å². The summed E-state index contributed by atoms with van der Waals surface area (Å²) in [5, 5.41) is 9.74. The van der Waals surface area contributed by atoms with Gasteiger partial charge in [-0.2, -0.15) is 0 Å². The zero-order chi connectivity index (χ0) is 9.42. The van der Waals surface area contributed by atoms with E-state index in [-0.39, 0.29) is 0 Å². The average Bonchev–Trinajstić information content (AvgIpc) is 2.15.